The average Bonchev–Trinajstić information content (AvgIpc) is 2.61. The van der Waals surface area contributed by atoms with Crippen molar-refractivity contribution < 1.29 is 19.2 Å². The maximum atomic E-state index is 12.6. The molecule has 0 radical (unpaired) electrons. The Kier molecular flexibility index (Phi) is 4.33. The van der Waals surface area contributed by atoms with E-state index in [1.165, 1.54) is 12.1 Å². The molecule has 0 spiro atoms. The summed E-state index contributed by atoms with van der Waals surface area (Å²) in [7, 11) is 0. The Morgan fingerprint density at radius 3 is 2.54 bits per heavy atom. The molecule has 0 fully saturated rings. The molecule has 0 saturated heterocycles. The predicted molar refractivity (Wildman–Crippen MR) is 87.9 cm³/mol. The lowest BCUT2D eigenvalue weighted by Crippen LogP contribution is -2.19. The van der Waals surface area contributed by atoms with Crippen molar-refractivity contribution in [2.45, 2.75) is 13.3 Å². The van der Waals surface area contributed by atoms with Crippen LogP contribution >= 0.6 is 0 Å². The van der Waals surface area contributed by atoms with Crippen molar-refractivity contribution >= 4 is 17.3 Å². The number of nitrogens with zero attached hydrogens (tertiary/aromatic N) is 1. The van der Waals surface area contributed by atoms with Gasteiger partial charge >= 0.3 is 0 Å². The summed E-state index contributed by atoms with van der Waals surface area (Å²) in [5.41, 5.74) is 1.21. The topological polar surface area (TPSA) is 90.7 Å². The standard InChI is InChI=1S/C17H16N2O5/c1-2-11-5-3-4-6-13(11)18-17(20)12-9-15-16(24-8-7-23-15)10-14(12)19(21)22/h3-6,9-10H,2,7-8H2,1H3,(H,18,20). The van der Waals surface area contributed by atoms with E-state index in [0.29, 0.717) is 24.7 Å². The Morgan fingerprint density at radius 2 is 1.88 bits per heavy atom. The number of ether oxygens (including phenoxy) is 2. The summed E-state index contributed by atoms with van der Waals surface area (Å²) in [5.74, 6) is 0.0545. The Labute approximate surface area is 138 Å². The minimum absolute atomic E-state index is 0.0600. The number of carbonyl (C=O) groups is 1. The third-order valence-corrected chi connectivity index (χ3v) is 3.75. The van der Waals surface area contributed by atoms with Crippen LogP contribution in [0, 0.1) is 10.1 Å². The zero-order valence-electron chi connectivity index (χ0n) is 13.1. The highest BCUT2D eigenvalue weighted by atomic mass is 16.6. The van der Waals surface area contributed by atoms with Gasteiger partial charge in [-0.15, -0.1) is 0 Å². The van der Waals surface area contributed by atoms with Crippen LogP contribution in [-0.2, 0) is 6.42 Å². The molecule has 0 bridgehead atoms. The van der Waals surface area contributed by atoms with Gasteiger partial charge in [0.1, 0.15) is 18.8 Å². The summed E-state index contributed by atoms with van der Waals surface area (Å²) in [6, 6.07) is 9.92. The van der Waals surface area contributed by atoms with Gasteiger partial charge in [-0.05, 0) is 18.1 Å². The van der Waals surface area contributed by atoms with Crippen LogP contribution in [0.5, 0.6) is 11.5 Å². The summed E-state index contributed by atoms with van der Waals surface area (Å²) < 4.78 is 10.8. The lowest BCUT2D eigenvalue weighted by Gasteiger charge is -2.19. The van der Waals surface area contributed by atoms with E-state index in [-0.39, 0.29) is 17.0 Å². The zero-order valence-corrected chi connectivity index (χ0v) is 13.1. The van der Waals surface area contributed by atoms with Crippen molar-refractivity contribution in [2.24, 2.45) is 0 Å². The predicted octanol–water partition coefficient (Wildman–Crippen LogP) is 3.18. The van der Waals surface area contributed by atoms with Crippen molar-refractivity contribution in [2.75, 3.05) is 18.5 Å². The maximum absolute atomic E-state index is 12.6. The van der Waals surface area contributed by atoms with Crippen LogP contribution < -0.4 is 14.8 Å². The SMILES string of the molecule is CCc1ccccc1NC(=O)c1cc2c(cc1[N+](=O)[O-])OCCO2. The molecule has 3 rings (SSSR count). The Balaban J connectivity index is 1.98. The van der Waals surface area contributed by atoms with Crippen LogP contribution in [0.4, 0.5) is 11.4 Å². The first kappa shape index (κ1) is 15.8. The zero-order chi connectivity index (χ0) is 17.1. The molecule has 1 N–H and O–H groups in total. The second-order valence-corrected chi connectivity index (χ2v) is 5.23. The first-order valence-corrected chi connectivity index (χ1v) is 7.57. The largest absolute Gasteiger partial charge is 0.486 e. The molecule has 24 heavy (non-hydrogen) atoms. The van der Waals surface area contributed by atoms with Crippen molar-refractivity contribution in [3.63, 3.8) is 0 Å². The quantitative estimate of drug-likeness (QED) is 0.687. The number of anilines is 1. The van der Waals surface area contributed by atoms with Gasteiger partial charge in [0, 0.05) is 11.8 Å². The van der Waals surface area contributed by atoms with E-state index in [1.54, 1.807) is 12.1 Å². The number of para-hydroxylation sites is 1. The van der Waals surface area contributed by atoms with Gasteiger partial charge in [-0.25, -0.2) is 0 Å². The summed E-state index contributed by atoms with van der Waals surface area (Å²) >= 11 is 0. The number of aryl methyl sites for hydroxylation is 1. The highest BCUT2D eigenvalue weighted by Gasteiger charge is 2.26. The summed E-state index contributed by atoms with van der Waals surface area (Å²) in [6.07, 6.45) is 0.736. The fraction of sp³-hybridized carbons (Fsp3) is 0.235. The average molecular weight is 328 g/mol. The Bertz CT molecular complexity index is 804. The number of amides is 1. The van der Waals surface area contributed by atoms with E-state index in [2.05, 4.69) is 5.32 Å². The highest BCUT2D eigenvalue weighted by molar-refractivity contribution is 6.08. The van der Waals surface area contributed by atoms with Crippen molar-refractivity contribution in [1.29, 1.82) is 0 Å². The molecular formula is C17H16N2O5. The number of nitro groups is 1. The van der Waals surface area contributed by atoms with Gasteiger partial charge in [0.25, 0.3) is 11.6 Å². The lowest BCUT2D eigenvalue weighted by molar-refractivity contribution is -0.385. The Morgan fingerprint density at radius 1 is 1.21 bits per heavy atom. The smallest absolute Gasteiger partial charge is 0.286 e. The fourth-order valence-corrected chi connectivity index (χ4v) is 2.55. The van der Waals surface area contributed by atoms with Crippen molar-refractivity contribution in [3.05, 3.63) is 57.6 Å². The molecule has 0 unspecified atom stereocenters. The van der Waals surface area contributed by atoms with E-state index >= 15 is 0 Å². The number of fused-ring (bicyclic) bond motifs is 1. The molecule has 0 aliphatic carbocycles. The van der Waals surface area contributed by atoms with Gasteiger partial charge in [-0.3, -0.25) is 14.9 Å². The second-order valence-electron chi connectivity index (χ2n) is 5.23. The molecule has 7 heteroatoms. The van der Waals surface area contributed by atoms with E-state index in [4.69, 9.17) is 9.47 Å². The normalized spacial score (nSPS) is 12.5. The first-order valence-electron chi connectivity index (χ1n) is 7.57. The highest BCUT2D eigenvalue weighted by Crippen LogP contribution is 2.37. The number of rotatable bonds is 4. The number of nitro benzene ring substituents is 1. The number of nitrogens with one attached hydrogen (secondary N) is 1. The van der Waals surface area contributed by atoms with Crippen LogP contribution in [0.15, 0.2) is 36.4 Å². The van der Waals surface area contributed by atoms with Gasteiger partial charge in [0.15, 0.2) is 11.5 Å². The van der Waals surface area contributed by atoms with Crippen LogP contribution in [0.2, 0.25) is 0 Å². The first-order chi connectivity index (χ1) is 11.6. The molecule has 1 aliphatic rings. The van der Waals surface area contributed by atoms with E-state index in [9.17, 15) is 14.9 Å². The number of hydrogen-bond donors (Lipinski definition) is 1. The molecule has 0 atom stereocenters. The van der Waals surface area contributed by atoms with Crippen LogP contribution in [0.1, 0.15) is 22.8 Å². The number of hydrogen-bond acceptors (Lipinski definition) is 5. The van der Waals surface area contributed by atoms with Crippen LogP contribution in [0.3, 0.4) is 0 Å². The summed E-state index contributed by atoms with van der Waals surface area (Å²) in [5, 5.41) is 14.1. The van der Waals surface area contributed by atoms with Crippen molar-refractivity contribution in [3.8, 4) is 11.5 Å². The third kappa shape index (κ3) is 3.01. The molecule has 0 aromatic heterocycles. The van der Waals surface area contributed by atoms with E-state index in [0.717, 1.165) is 12.0 Å². The van der Waals surface area contributed by atoms with Gasteiger partial charge in [-0.2, -0.15) is 0 Å². The van der Waals surface area contributed by atoms with Gasteiger partial charge in [0.2, 0.25) is 0 Å². The van der Waals surface area contributed by atoms with Crippen LogP contribution in [-0.4, -0.2) is 24.0 Å². The van der Waals surface area contributed by atoms with Gasteiger partial charge < -0.3 is 14.8 Å². The van der Waals surface area contributed by atoms with Gasteiger partial charge in [-0.1, -0.05) is 25.1 Å². The Hall–Kier alpha value is -3.09. The minimum Gasteiger partial charge on any atom is -0.486 e. The van der Waals surface area contributed by atoms with E-state index < -0.39 is 10.8 Å². The molecule has 1 amide bonds. The second kappa shape index (κ2) is 6.57. The monoisotopic (exact) mass is 328 g/mol. The van der Waals surface area contributed by atoms with E-state index in [1.807, 2.05) is 19.1 Å². The fourth-order valence-electron chi connectivity index (χ4n) is 2.55. The number of benzene rings is 2. The molecule has 1 aliphatic heterocycles. The van der Waals surface area contributed by atoms with Crippen molar-refractivity contribution in [1.82, 2.24) is 0 Å². The summed E-state index contributed by atoms with van der Waals surface area (Å²) in [4.78, 5) is 23.3. The molecule has 2 aromatic carbocycles. The molecule has 124 valence electrons. The van der Waals surface area contributed by atoms with Gasteiger partial charge in [0.05, 0.1) is 11.0 Å². The minimum atomic E-state index is -0.598. The number of carbonyl (C=O) groups excluding carboxylic acids is 1. The third-order valence-electron chi connectivity index (χ3n) is 3.75. The molecule has 7 nitrogen and oxygen atoms in total. The molecule has 2 aromatic rings. The van der Waals surface area contributed by atoms with Crippen LogP contribution in [0.25, 0.3) is 0 Å². The lowest BCUT2D eigenvalue weighted by atomic mass is 10.1. The maximum Gasteiger partial charge on any atom is 0.286 e. The summed E-state index contributed by atoms with van der Waals surface area (Å²) in [6.45, 7) is 2.63. The molecule has 0 saturated carbocycles. The molecular weight excluding hydrogens is 312 g/mol. The molecule has 1 heterocycles.